The number of hydrogen-bond donors (Lipinski definition) is 1. The van der Waals surface area contributed by atoms with Gasteiger partial charge in [-0.1, -0.05) is 6.07 Å². The third-order valence-corrected chi connectivity index (χ3v) is 4.48. The molecule has 0 aromatic heterocycles. The SMILES string of the molecule is Cc1ccc(NC(=O)C2CCCN(C(=O)OC(C)(C)C)C2)c(Br)c1. The van der Waals surface area contributed by atoms with Crippen molar-refractivity contribution >= 4 is 33.6 Å². The second kappa shape index (κ2) is 7.55. The fourth-order valence-electron chi connectivity index (χ4n) is 2.64. The highest BCUT2D eigenvalue weighted by atomic mass is 79.9. The van der Waals surface area contributed by atoms with Gasteiger partial charge >= 0.3 is 6.09 Å². The second-order valence-electron chi connectivity index (χ2n) is 7.24. The van der Waals surface area contributed by atoms with Crippen molar-refractivity contribution in [3.8, 4) is 0 Å². The van der Waals surface area contributed by atoms with E-state index in [2.05, 4.69) is 21.2 Å². The predicted molar refractivity (Wildman–Crippen MR) is 98.0 cm³/mol. The topological polar surface area (TPSA) is 58.6 Å². The molecule has 0 radical (unpaired) electrons. The number of rotatable bonds is 2. The van der Waals surface area contributed by atoms with Crippen LogP contribution in [0.5, 0.6) is 0 Å². The molecule has 1 unspecified atom stereocenters. The first-order valence-electron chi connectivity index (χ1n) is 8.20. The molecule has 1 aliphatic rings. The van der Waals surface area contributed by atoms with E-state index in [-0.39, 0.29) is 17.9 Å². The van der Waals surface area contributed by atoms with E-state index in [0.717, 1.165) is 28.6 Å². The average Bonchev–Trinajstić information content (AvgIpc) is 2.48. The molecule has 2 rings (SSSR count). The number of anilines is 1. The zero-order chi connectivity index (χ0) is 17.9. The number of piperidine rings is 1. The maximum atomic E-state index is 12.5. The summed E-state index contributed by atoms with van der Waals surface area (Å²) >= 11 is 3.47. The summed E-state index contributed by atoms with van der Waals surface area (Å²) in [6.07, 6.45) is 1.22. The van der Waals surface area contributed by atoms with Gasteiger partial charge in [0.15, 0.2) is 0 Å². The van der Waals surface area contributed by atoms with Crippen LogP contribution < -0.4 is 5.32 Å². The number of carbonyl (C=O) groups is 2. The van der Waals surface area contributed by atoms with E-state index in [9.17, 15) is 9.59 Å². The van der Waals surface area contributed by atoms with Crippen molar-refractivity contribution < 1.29 is 14.3 Å². The summed E-state index contributed by atoms with van der Waals surface area (Å²) in [5.74, 6) is -0.285. The van der Waals surface area contributed by atoms with E-state index >= 15 is 0 Å². The lowest BCUT2D eigenvalue weighted by molar-refractivity contribution is -0.121. The van der Waals surface area contributed by atoms with Gasteiger partial charge in [0.25, 0.3) is 0 Å². The summed E-state index contributed by atoms with van der Waals surface area (Å²) in [5.41, 5.74) is 1.34. The molecule has 2 amide bonds. The number of halogens is 1. The highest BCUT2D eigenvalue weighted by molar-refractivity contribution is 9.10. The van der Waals surface area contributed by atoms with Gasteiger partial charge in [0, 0.05) is 17.6 Å². The number of benzene rings is 1. The normalized spacial score (nSPS) is 18.2. The maximum Gasteiger partial charge on any atom is 0.410 e. The molecule has 1 fully saturated rings. The number of hydrogen-bond acceptors (Lipinski definition) is 3. The van der Waals surface area contributed by atoms with Crippen molar-refractivity contribution in [2.75, 3.05) is 18.4 Å². The molecule has 1 aliphatic heterocycles. The first kappa shape index (κ1) is 18.8. The monoisotopic (exact) mass is 396 g/mol. The van der Waals surface area contributed by atoms with E-state index in [4.69, 9.17) is 4.74 Å². The van der Waals surface area contributed by atoms with E-state index < -0.39 is 5.60 Å². The smallest absolute Gasteiger partial charge is 0.410 e. The highest BCUT2D eigenvalue weighted by Gasteiger charge is 2.31. The number of carbonyl (C=O) groups excluding carboxylic acids is 2. The Balaban J connectivity index is 1.98. The Kier molecular flexibility index (Phi) is 5.91. The van der Waals surface area contributed by atoms with Gasteiger partial charge in [-0.25, -0.2) is 4.79 Å². The fraction of sp³-hybridized carbons (Fsp3) is 0.556. The molecule has 1 aromatic rings. The minimum atomic E-state index is -0.529. The number of nitrogens with one attached hydrogen (secondary N) is 1. The van der Waals surface area contributed by atoms with Gasteiger partial charge in [-0.05, 0) is 74.2 Å². The van der Waals surface area contributed by atoms with E-state index in [1.807, 2.05) is 45.9 Å². The summed E-state index contributed by atoms with van der Waals surface area (Å²) in [6.45, 7) is 8.54. The number of aryl methyl sites for hydroxylation is 1. The van der Waals surface area contributed by atoms with Gasteiger partial charge in [-0.2, -0.15) is 0 Å². The van der Waals surface area contributed by atoms with Crippen molar-refractivity contribution in [2.45, 2.75) is 46.1 Å². The molecule has 0 saturated carbocycles. The number of likely N-dealkylation sites (tertiary alicyclic amines) is 1. The standard InChI is InChI=1S/C18H25BrN2O3/c1-12-7-8-15(14(19)10-12)20-16(22)13-6-5-9-21(11-13)17(23)24-18(2,3)4/h7-8,10,13H,5-6,9,11H2,1-4H3,(H,20,22). The summed E-state index contributed by atoms with van der Waals surface area (Å²) < 4.78 is 6.26. The molecule has 1 heterocycles. The van der Waals surface area contributed by atoms with Gasteiger partial charge in [-0.3, -0.25) is 4.79 Å². The molecule has 132 valence electrons. The number of amides is 2. The van der Waals surface area contributed by atoms with Crippen LogP contribution >= 0.6 is 15.9 Å². The first-order chi connectivity index (χ1) is 11.2. The van der Waals surface area contributed by atoms with Crippen LogP contribution in [-0.4, -0.2) is 35.6 Å². The van der Waals surface area contributed by atoms with Crippen LogP contribution in [0.3, 0.4) is 0 Å². The Morgan fingerprint density at radius 3 is 2.67 bits per heavy atom. The maximum absolute atomic E-state index is 12.5. The highest BCUT2D eigenvalue weighted by Crippen LogP contribution is 2.26. The lowest BCUT2D eigenvalue weighted by Gasteiger charge is -2.33. The Hall–Kier alpha value is -1.56. The first-order valence-corrected chi connectivity index (χ1v) is 9.00. The van der Waals surface area contributed by atoms with Crippen LogP contribution in [0, 0.1) is 12.8 Å². The number of nitrogens with zero attached hydrogens (tertiary/aromatic N) is 1. The number of ether oxygens (including phenoxy) is 1. The van der Waals surface area contributed by atoms with Crippen molar-refractivity contribution in [1.29, 1.82) is 0 Å². The van der Waals surface area contributed by atoms with Gasteiger partial charge in [0.2, 0.25) is 5.91 Å². The van der Waals surface area contributed by atoms with Gasteiger partial charge in [-0.15, -0.1) is 0 Å². The van der Waals surface area contributed by atoms with E-state index in [0.29, 0.717) is 13.1 Å². The molecule has 6 heteroatoms. The molecule has 1 atom stereocenters. The lowest BCUT2D eigenvalue weighted by atomic mass is 9.97. The third kappa shape index (κ3) is 5.23. The lowest BCUT2D eigenvalue weighted by Crippen LogP contribution is -2.45. The second-order valence-corrected chi connectivity index (χ2v) is 8.09. The Bertz CT molecular complexity index is 625. The van der Waals surface area contributed by atoms with Gasteiger partial charge in [0.05, 0.1) is 11.6 Å². The molecule has 0 aliphatic carbocycles. The molecule has 1 saturated heterocycles. The van der Waals surface area contributed by atoms with Crippen LogP contribution in [0.4, 0.5) is 10.5 Å². The third-order valence-electron chi connectivity index (χ3n) is 3.83. The molecule has 1 N–H and O–H groups in total. The van der Waals surface area contributed by atoms with E-state index in [1.54, 1.807) is 4.90 Å². The van der Waals surface area contributed by atoms with Crippen LogP contribution in [0.1, 0.15) is 39.2 Å². The molecule has 5 nitrogen and oxygen atoms in total. The van der Waals surface area contributed by atoms with Crippen LogP contribution in [0.2, 0.25) is 0 Å². The van der Waals surface area contributed by atoms with Crippen molar-refractivity contribution in [3.05, 3.63) is 28.2 Å². The average molecular weight is 397 g/mol. The summed E-state index contributed by atoms with van der Waals surface area (Å²) in [7, 11) is 0. The van der Waals surface area contributed by atoms with Crippen LogP contribution in [0.25, 0.3) is 0 Å². The fourth-order valence-corrected chi connectivity index (χ4v) is 3.23. The Morgan fingerprint density at radius 2 is 2.04 bits per heavy atom. The minimum absolute atomic E-state index is 0.0622. The van der Waals surface area contributed by atoms with Crippen molar-refractivity contribution in [1.82, 2.24) is 4.90 Å². The van der Waals surface area contributed by atoms with E-state index in [1.165, 1.54) is 0 Å². The molecular weight excluding hydrogens is 372 g/mol. The van der Waals surface area contributed by atoms with Gasteiger partial charge < -0.3 is 15.0 Å². The van der Waals surface area contributed by atoms with Crippen LogP contribution in [-0.2, 0) is 9.53 Å². The van der Waals surface area contributed by atoms with Gasteiger partial charge in [0.1, 0.15) is 5.60 Å². The summed E-state index contributed by atoms with van der Waals surface area (Å²) in [4.78, 5) is 26.4. The quantitative estimate of drug-likeness (QED) is 0.808. The molecule has 24 heavy (non-hydrogen) atoms. The molecular formula is C18H25BrN2O3. The molecule has 1 aromatic carbocycles. The Labute approximate surface area is 151 Å². The zero-order valence-corrected chi connectivity index (χ0v) is 16.3. The van der Waals surface area contributed by atoms with Crippen molar-refractivity contribution in [2.24, 2.45) is 5.92 Å². The predicted octanol–water partition coefficient (Wildman–Crippen LogP) is 4.34. The largest absolute Gasteiger partial charge is 0.444 e. The zero-order valence-electron chi connectivity index (χ0n) is 14.7. The molecule has 0 bridgehead atoms. The molecule has 0 spiro atoms. The van der Waals surface area contributed by atoms with Crippen molar-refractivity contribution in [3.63, 3.8) is 0 Å². The minimum Gasteiger partial charge on any atom is -0.444 e. The summed E-state index contributed by atoms with van der Waals surface area (Å²) in [5, 5.41) is 2.95. The Morgan fingerprint density at radius 1 is 1.33 bits per heavy atom. The summed E-state index contributed by atoms with van der Waals surface area (Å²) in [6, 6.07) is 5.80. The van der Waals surface area contributed by atoms with Crippen LogP contribution in [0.15, 0.2) is 22.7 Å².